The van der Waals surface area contributed by atoms with Crippen molar-refractivity contribution in [3.8, 4) is 0 Å². The zero-order chi connectivity index (χ0) is 14.0. The van der Waals surface area contributed by atoms with Gasteiger partial charge in [0.05, 0.1) is 10.7 Å². The van der Waals surface area contributed by atoms with E-state index in [2.05, 4.69) is 31.1 Å². The SMILES string of the molecule is CC(=O)N1CCC(NC(C)c2nc(C)sc2C)CC1. The van der Waals surface area contributed by atoms with Gasteiger partial charge in [0.1, 0.15) is 0 Å². The summed E-state index contributed by atoms with van der Waals surface area (Å²) >= 11 is 1.76. The fourth-order valence-corrected chi connectivity index (χ4v) is 3.65. The Morgan fingerprint density at radius 3 is 2.53 bits per heavy atom. The fraction of sp³-hybridized carbons (Fsp3) is 0.714. The monoisotopic (exact) mass is 281 g/mol. The summed E-state index contributed by atoms with van der Waals surface area (Å²) in [5.74, 6) is 0.192. The summed E-state index contributed by atoms with van der Waals surface area (Å²) in [6.45, 7) is 9.76. The van der Waals surface area contributed by atoms with Crippen LogP contribution in [0.4, 0.5) is 0 Å². The van der Waals surface area contributed by atoms with Crippen molar-refractivity contribution >= 4 is 17.2 Å². The Kier molecular flexibility index (Phi) is 4.58. The molecule has 1 aliphatic rings. The standard InChI is InChI=1S/C14H23N3OS/c1-9(14-10(2)19-11(3)16-14)15-13-5-7-17(8-6-13)12(4)18/h9,13,15H,5-8H2,1-4H3. The van der Waals surface area contributed by atoms with Gasteiger partial charge in [0.15, 0.2) is 0 Å². The van der Waals surface area contributed by atoms with E-state index < -0.39 is 0 Å². The molecule has 1 unspecified atom stereocenters. The number of aromatic nitrogens is 1. The van der Waals surface area contributed by atoms with Crippen LogP contribution in [0, 0.1) is 13.8 Å². The van der Waals surface area contributed by atoms with Crippen molar-refractivity contribution in [1.82, 2.24) is 15.2 Å². The molecule has 106 valence electrons. The van der Waals surface area contributed by atoms with Crippen molar-refractivity contribution in [3.05, 3.63) is 15.6 Å². The van der Waals surface area contributed by atoms with Crippen LogP contribution < -0.4 is 5.32 Å². The molecule has 2 heterocycles. The largest absolute Gasteiger partial charge is 0.343 e. The van der Waals surface area contributed by atoms with E-state index >= 15 is 0 Å². The first-order valence-corrected chi connectivity index (χ1v) is 7.74. The second-order valence-electron chi connectivity index (χ2n) is 5.34. The van der Waals surface area contributed by atoms with E-state index in [0.717, 1.165) is 30.9 Å². The molecule has 0 aliphatic carbocycles. The minimum atomic E-state index is 0.192. The third-order valence-electron chi connectivity index (χ3n) is 3.78. The number of aryl methyl sites for hydroxylation is 2. The molecule has 1 N–H and O–H groups in total. The topological polar surface area (TPSA) is 45.2 Å². The maximum absolute atomic E-state index is 11.3. The maximum atomic E-state index is 11.3. The van der Waals surface area contributed by atoms with Crippen LogP contribution in [0.3, 0.4) is 0 Å². The van der Waals surface area contributed by atoms with Crippen LogP contribution in [0.2, 0.25) is 0 Å². The van der Waals surface area contributed by atoms with Crippen LogP contribution in [0.5, 0.6) is 0 Å². The second-order valence-corrected chi connectivity index (χ2v) is 6.75. The van der Waals surface area contributed by atoms with E-state index in [-0.39, 0.29) is 5.91 Å². The van der Waals surface area contributed by atoms with Crippen molar-refractivity contribution in [1.29, 1.82) is 0 Å². The van der Waals surface area contributed by atoms with Crippen molar-refractivity contribution in [2.75, 3.05) is 13.1 Å². The van der Waals surface area contributed by atoms with E-state index in [0.29, 0.717) is 12.1 Å². The van der Waals surface area contributed by atoms with Gasteiger partial charge in [-0.1, -0.05) is 0 Å². The van der Waals surface area contributed by atoms with E-state index in [9.17, 15) is 4.79 Å². The minimum absolute atomic E-state index is 0.192. The van der Waals surface area contributed by atoms with Gasteiger partial charge in [0, 0.05) is 37.0 Å². The Hall–Kier alpha value is -0.940. The predicted molar refractivity (Wildman–Crippen MR) is 78.4 cm³/mol. The average Bonchev–Trinajstić information content (AvgIpc) is 2.69. The number of nitrogens with one attached hydrogen (secondary N) is 1. The maximum Gasteiger partial charge on any atom is 0.219 e. The molecule has 1 atom stereocenters. The van der Waals surface area contributed by atoms with Gasteiger partial charge in [-0.2, -0.15) is 0 Å². The summed E-state index contributed by atoms with van der Waals surface area (Å²) in [7, 11) is 0. The molecule has 0 saturated carbocycles. The predicted octanol–water partition coefficient (Wildman–Crippen LogP) is 2.42. The Morgan fingerprint density at radius 1 is 1.42 bits per heavy atom. The van der Waals surface area contributed by atoms with E-state index in [1.165, 1.54) is 10.6 Å². The zero-order valence-electron chi connectivity index (χ0n) is 12.2. The van der Waals surface area contributed by atoms with Gasteiger partial charge in [-0.25, -0.2) is 4.98 Å². The molecule has 1 saturated heterocycles. The van der Waals surface area contributed by atoms with E-state index in [1.54, 1.807) is 18.3 Å². The highest BCUT2D eigenvalue weighted by atomic mass is 32.1. The van der Waals surface area contributed by atoms with Gasteiger partial charge in [0.2, 0.25) is 5.91 Å². The molecular formula is C14H23N3OS. The van der Waals surface area contributed by atoms with Crippen LogP contribution in [0.1, 0.15) is 48.3 Å². The number of likely N-dealkylation sites (tertiary alicyclic amines) is 1. The Balaban J connectivity index is 1.89. The highest BCUT2D eigenvalue weighted by Gasteiger charge is 2.23. The van der Waals surface area contributed by atoms with Gasteiger partial charge < -0.3 is 10.2 Å². The number of hydrogen-bond donors (Lipinski definition) is 1. The summed E-state index contributed by atoms with van der Waals surface area (Å²) < 4.78 is 0. The average molecular weight is 281 g/mol. The van der Waals surface area contributed by atoms with Crippen LogP contribution in [-0.4, -0.2) is 34.9 Å². The lowest BCUT2D eigenvalue weighted by molar-refractivity contribution is -0.129. The number of rotatable bonds is 3. The Bertz CT molecular complexity index is 450. The first kappa shape index (κ1) is 14.5. The molecule has 5 heteroatoms. The number of nitrogens with zero attached hydrogens (tertiary/aromatic N) is 2. The van der Waals surface area contributed by atoms with Crippen LogP contribution in [-0.2, 0) is 4.79 Å². The molecule has 1 aromatic rings. The van der Waals surface area contributed by atoms with Gasteiger partial charge >= 0.3 is 0 Å². The summed E-state index contributed by atoms with van der Waals surface area (Å²) in [6, 6.07) is 0.783. The lowest BCUT2D eigenvalue weighted by Crippen LogP contribution is -2.44. The highest BCUT2D eigenvalue weighted by molar-refractivity contribution is 7.11. The number of thiazole rings is 1. The van der Waals surface area contributed by atoms with Gasteiger partial charge in [-0.05, 0) is 33.6 Å². The first-order chi connectivity index (χ1) is 8.97. The molecule has 0 radical (unpaired) electrons. The highest BCUT2D eigenvalue weighted by Crippen LogP contribution is 2.24. The third kappa shape index (κ3) is 3.54. The summed E-state index contributed by atoms with van der Waals surface area (Å²) in [6.07, 6.45) is 2.07. The zero-order valence-corrected chi connectivity index (χ0v) is 13.0. The number of carbonyl (C=O) groups excluding carboxylic acids is 1. The lowest BCUT2D eigenvalue weighted by atomic mass is 10.0. The summed E-state index contributed by atoms with van der Waals surface area (Å²) in [5.41, 5.74) is 1.18. The minimum Gasteiger partial charge on any atom is -0.343 e. The second kappa shape index (κ2) is 6.01. The molecule has 1 fully saturated rings. The molecular weight excluding hydrogens is 258 g/mol. The lowest BCUT2D eigenvalue weighted by Gasteiger charge is -2.33. The normalized spacial score (nSPS) is 18.6. The van der Waals surface area contributed by atoms with Gasteiger partial charge in [-0.3, -0.25) is 4.79 Å². The molecule has 0 bridgehead atoms. The van der Waals surface area contributed by atoms with E-state index in [4.69, 9.17) is 0 Å². The number of piperidine rings is 1. The van der Waals surface area contributed by atoms with Crippen molar-refractivity contribution in [3.63, 3.8) is 0 Å². The fourth-order valence-electron chi connectivity index (χ4n) is 2.74. The van der Waals surface area contributed by atoms with Gasteiger partial charge in [0.25, 0.3) is 0 Å². The first-order valence-electron chi connectivity index (χ1n) is 6.93. The molecule has 1 aliphatic heterocycles. The van der Waals surface area contributed by atoms with Crippen molar-refractivity contribution in [2.45, 2.75) is 52.6 Å². The smallest absolute Gasteiger partial charge is 0.219 e. The van der Waals surface area contributed by atoms with E-state index in [1.807, 2.05) is 4.90 Å². The van der Waals surface area contributed by atoms with Crippen LogP contribution in [0.15, 0.2) is 0 Å². The molecule has 0 spiro atoms. The molecule has 19 heavy (non-hydrogen) atoms. The number of amides is 1. The van der Waals surface area contributed by atoms with Gasteiger partial charge in [-0.15, -0.1) is 11.3 Å². The molecule has 1 amide bonds. The number of carbonyl (C=O) groups is 1. The molecule has 0 aromatic carbocycles. The quantitative estimate of drug-likeness (QED) is 0.925. The van der Waals surface area contributed by atoms with Crippen molar-refractivity contribution < 1.29 is 4.79 Å². The summed E-state index contributed by atoms with van der Waals surface area (Å²) in [4.78, 5) is 19.1. The summed E-state index contributed by atoms with van der Waals surface area (Å²) in [5, 5.41) is 4.79. The molecule has 4 nitrogen and oxygen atoms in total. The van der Waals surface area contributed by atoms with Crippen LogP contribution >= 0.6 is 11.3 Å². The molecule has 1 aromatic heterocycles. The third-order valence-corrected chi connectivity index (χ3v) is 4.68. The molecule has 2 rings (SSSR count). The Labute approximate surface area is 119 Å². The number of hydrogen-bond acceptors (Lipinski definition) is 4. The Morgan fingerprint density at radius 2 is 2.05 bits per heavy atom. The van der Waals surface area contributed by atoms with Crippen LogP contribution in [0.25, 0.3) is 0 Å². The van der Waals surface area contributed by atoms with Crippen molar-refractivity contribution in [2.24, 2.45) is 0 Å².